The van der Waals surface area contributed by atoms with E-state index in [1.165, 1.54) is 4.31 Å². The summed E-state index contributed by atoms with van der Waals surface area (Å²) < 4.78 is 25.8. The lowest BCUT2D eigenvalue weighted by Gasteiger charge is -2.30. The molecule has 0 amide bonds. The molecule has 0 bridgehead atoms. The highest BCUT2D eigenvalue weighted by Crippen LogP contribution is 2.15. The van der Waals surface area contributed by atoms with Gasteiger partial charge in [-0.2, -0.15) is 4.31 Å². The van der Waals surface area contributed by atoms with E-state index in [1.54, 1.807) is 30.3 Å². The summed E-state index contributed by atoms with van der Waals surface area (Å²) >= 11 is 0. The van der Waals surface area contributed by atoms with Gasteiger partial charge in [-0.1, -0.05) is 18.2 Å². The molecule has 0 spiro atoms. The van der Waals surface area contributed by atoms with Gasteiger partial charge in [0.25, 0.3) is 0 Å². The van der Waals surface area contributed by atoms with Crippen molar-refractivity contribution >= 4 is 10.0 Å². The van der Waals surface area contributed by atoms with Crippen LogP contribution in [0.1, 0.15) is 0 Å². The molecule has 0 aromatic heterocycles. The largest absolute Gasteiger partial charge is 0.315 e. The molecular weight excluding hydrogens is 226 g/mol. The number of piperazine rings is 1. The van der Waals surface area contributed by atoms with Gasteiger partial charge < -0.3 is 5.73 Å². The minimum Gasteiger partial charge on any atom is -0.315 e. The van der Waals surface area contributed by atoms with E-state index in [0.29, 0.717) is 24.5 Å². The topological polar surface area (TPSA) is 75.4 Å². The summed E-state index contributed by atoms with van der Waals surface area (Å²) in [6, 6.07) is 8.43. The van der Waals surface area contributed by atoms with Gasteiger partial charge >= 0.3 is 0 Å². The summed E-state index contributed by atoms with van der Waals surface area (Å²) in [5.74, 6) is 0. The molecule has 1 aliphatic heterocycles. The Morgan fingerprint density at radius 3 is 2.62 bits per heavy atom. The second kappa shape index (κ2) is 4.50. The summed E-state index contributed by atoms with van der Waals surface area (Å²) in [6.45, 7) is 1.37. The number of benzene rings is 1. The van der Waals surface area contributed by atoms with Gasteiger partial charge in [0.15, 0.2) is 0 Å². The Kier molecular flexibility index (Phi) is 3.25. The molecule has 1 unspecified atom stereocenters. The number of nitrogens with one attached hydrogen (secondary N) is 1. The summed E-state index contributed by atoms with van der Waals surface area (Å²) in [5, 5.41) is 3.01. The normalized spacial score (nSPS) is 23.2. The number of nitrogens with zero attached hydrogens (tertiary/aromatic N) is 1. The average molecular weight is 241 g/mol. The van der Waals surface area contributed by atoms with Crippen molar-refractivity contribution < 1.29 is 8.42 Å². The first kappa shape index (κ1) is 11.5. The zero-order valence-corrected chi connectivity index (χ0v) is 9.65. The first-order valence-corrected chi connectivity index (χ1v) is 6.59. The van der Waals surface area contributed by atoms with Crippen molar-refractivity contribution in [2.45, 2.75) is 11.1 Å². The molecule has 88 valence electrons. The fourth-order valence-corrected chi connectivity index (χ4v) is 3.20. The molecule has 0 aliphatic carbocycles. The minimum absolute atomic E-state index is 0.285. The highest BCUT2D eigenvalue weighted by molar-refractivity contribution is 7.89. The van der Waals surface area contributed by atoms with Crippen LogP contribution < -0.4 is 11.1 Å². The maximum absolute atomic E-state index is 12.2. The number of nitrogens with two attached hydrogens (primary N) is 1. The Labute approximate surface area is 95.3 Å². The van der Waals surface area contributed by atoms with Crippen molar-refractivity contribution in [3.63, 3.8) is 0 Å². The fourth-order valence-electron chi connectivity index (χ4n) is 1.71. The van der Waals surface area contributed by atoms with Crippen LogP contribution in [0.2, 0.25) is 0 Å². The van der Waals surface area contributed by atoms with Gasteiger partial charge in [0.2, 0.25) is 10.0 Å². The third-order valence-corrected chi connectivity index (χ3v) is 4.43. The molecule has 2 rings (SSSR count). The van der Waals surface area contributed by atoms with Gasteiger partial charge in [0.1, 0.15) is 0 Å². The van der Waals surface area contributed by atoms with Crippen LogP contribution in [0.4, 0.5) is 0 Å². The van der Waals surface area contributed by atoms with Crippen molar-refractivity contribution in [1.82, 2.24) is 9.62 Å². The van der Waals surface area contributed by atoms with Crippen LogP contribution in [-0.4, -0.2) is 38.5 Å². The zero-order chi connectivity index (χ0) is 11.6. The van der Waals surface area contributed by atoms with Crippen LogP contribution in [0.5, 0.6) is 0 Å². The van der Waals surface area contributed by atoms with Crippen LogP contribution in [0, 0.1) is 0 Å². The van der Waals surface area contributed by atoms with Crippen LogP contribution in [0.25, 0.3) is 0 Å². The summed E-state index contributed by atoms with van der Waals surface area (Å²) in [7, 11) is -3.38. The predicted molar refractivity (Wildman–Crippen MR) is 61.2 cm³/mol. The van der Waals surface area contributed by atoms with Gasteiger partial charge in [0, 0.05) is 19.6 Å². The smallest absolute Gasteiger partial charge is 0.243 e. The second-order valence-electron chi connectivity index (χ2n) is 3.74. The standard InChI is InChI=1S/C10H15N3O2S/c11-10-8-13(7-6-12-10)16(14,15)9-4-2-1-3-5-9/h1-5,10,12H,6-8,11H2. The lowest BCUT2D eigenvalue weighted by atomic mass is 10.4. The lowest BCUT2D eigenvalue weighted by molar-refractivity contribution is 0.302. The monoisotopic (exact) mass is 241 g/mol. The van der Waals surface area contributed by atoms with Crippen molar-refractivity contribution in [3.8, 4) is 0 Å². The van der Waals surface area contributed by atoms with E-state index < -0.39 is 10.0 Å². The lowest BCUT2D eigenvalue weighted by Crippen LogP contribution is -2.56. The molecule has 1 fully saturated rings. The molecular formula is C10H15N3O2S. The molecule has 0 radical (unpaired) electrons. The maximum Gasteiger partial charge on any atom is 0.243 e. The Hall–Kier alpha value is -0.950. The van der Waals surface area contributed by atoms with E-state index in [2.05, 4.69) is 5.32 Å². The quantitative estimate of drug-likeness (QED) is 0.736. The molecule has 1 aromatic rings. The van der Waals surface area contributed by atoms with Crippen molar-refractivity contribution in [2.24, 2.45) is 5.73 Å². The molecule has 3 N–H and O–H groups in total. The Morgan fingerprint density at radius 2 is 2.00 bits per heavy atom. The Morgan fingerprint density at radius 1 is 1.31 bits per heavy atom. The number of hydrogen-bond acceptors (Lipinski definition) is 4. The summed E-state index contributed by atoms with van der Waals surface area (Å²) in [6.07, 6.45) is -0.285. The van der Waals surface area contributed by atoms with Crippen LogP contribution >= 0.6 is 0 Å². The van der Waals surface area contributed by atoms with Crippen LogP contribution in [0.15, 0.2) is 35.2 Å². The first-order valence-electron chi connectivity index (χ1n) is 5.15. The van der Waals surface area contributed by atoms with Crippen LogP contribution in [0.3, 0.4) is 0 Å². The van der Waals surface area contributed by atoms with E-state index in [-0.39, 0.29) is 6.17 Å². The first-order chi connectivity index (χ1) is 7.60. The van der Waals surface area contributed by atoms with E-state index in [9.17, 15) is 8.42 Å². The minimum atomic E-state index is -3.38. The predicted octanol–water partition coefficient (Wildman–Crippen LogP) is -0.435. The molecule has 1 saturated heterocycles. The van der Waals surface area contributed by atoms with Gasteiger partial charge in [0.05, 0.1) is 11.1 Å². The molecule has 6 heteroatoms. The maximum atomic E-state index is 12.2. The van der Waals surface area contributed by atoms with E-state index in [0.717, 1.165) is 0 Å². The van der Waals surface area contributed by atoms with Gasteiger partial charge in [-0.15, -0.1) is 0 Å². The highest BCUT2D eigenvalue weighted by atomic mass is 32.2. The molecule has 1 atom stereocenters. The molecule has 5 nitrogen and oxygen atoms in total. The molecule has 1 aromatic carbocycles. The second-order valence-corrected chi connectivity index (χ2v) is 5.67. The molecule has 1 heterocycles. The summed E-state index contributed by atoms with van der Waals surface area (Å²) in [5.41, 5.74) is 5.68. The molecule has 1 aliphatic rings. The SMILES string of the molecule is NC1CN(S(=O)(=O)c2ccccc2)CCN1. The molecule has 0 saturated carbocycles. The van der Waals surface area contributed by atoms with E-state index in [1.807, 2.05) is 0 Å². The Bertz CT molecular complexity index is 446. The van der Waals surface area contributed by atoms with E-state index in [4.69, 9.17) is 5.73 Å². The van der Waals surface area contributed by atoms with Crippen LogP contribution in [-0.2, 0) is 10.0 Å². The van der Waals surface area contributed by atoms with Crippen molar-refractivity contribution in [1.29, 1.82) is 0 Å². The Balaban J connectivity index is 2.26. The highest BCUT2D eigenvalue weighted by Gasteiger charge is 2.28. The van der Waals surface area contributed by atoms with Crippen molar-refractivity contribution in [2.75, 3.05) is 19.6 Å². The van der Waals surface area contributed by atoms with Gasteiger partial charge in [-0.3, -0.25) is 5.32 Å². The average Bonchev–Trinajstić information content (AvgIpc) is 2.30. The van der Waals surface area contributed by atoms with E-state index >= 15 is 0 Å². The number of sulfonamides is 1. The van der Waals surface area contributed by atoms with Gasteiger partial charge in [-0.05, 0) is 12.1 Å². The third-order valence-electron chi connectivity index (χ3n) is 2.55. The van der Waals surface area contributed by atoms with Gasteiger partial charge in [-0.25, -0.2) is 8.42 Å². The number of hydrogen-bond donors (Lipinski definition) is 2. The fraction of sp³-hybridized carbons (Fsp3) is 0.400. The van der Waals surface area contributed by atoms with Crippen molar-refractivity contribution in [3.05, 3.63) is 30.3 Å². The summed E-state index contributed by atoms with van der Waals surface area (Å²) in [4.78, 5) is 0.323. The molecule has 16 heavy (non-hydrogen) atoms. The zero-order valence-electron chi connectivity index (χ0n) is 8.83. The third kappa shape index (κ3) is 2.25. The number of rotatable bonds is 2.